The molecule has 0 unspecified atom stereocenters. The van der Waals surface area contributed by atoms with Gasteiger partial charge in [-0.1, -0.05) is 92.7 Å². The molecule has 5 aromatic carbocycles. The Labute approximate surface area is 205 Å². The lowest BCUT2D eigenvalue weighted by Gasteiger charge is -2.42. The summed E-state index contributed by atoms with van der Waals surface area (Å²) in [5, 5.41) is 2.30. The SMILES string of the molecule is CC1(C)c2ccccc2N(c2ccc3oc4cccc(-c5ccccc5)c4c3c2)c2ccccc21. The molecule has 6 aromatic rings. The summed E-state index contributed by atoms with van der Waals surface area (Å²) in [6.45, 7) is 4.64. The highest BCUT2D eigenvalue weighted by Gasteiger charge is 2.36. The molecule has 0 saturated carbocycles. The van der Waals surface area contributed by atoms with Crippen LogP contribution in [0.25, 0.3) is 33.1 Å². The number of furan rings is 1. The Balaban J connectivity index is 1.51. The van der Waals surface area contributed by atoms with Crippen molar-refractivity contribution in [3.05, 3.63) is 126 Å². The largest absolute Gasteiger partial charge is 0.456 e. The smallest absolute Gasteiger partial charge is 0.136 e. The second-order valence-corrected chi connectivity index (χ2v) is 9.82. The van der Waals surface area contributed by atoms with Crippen LogP contribution in [0.5, 0.6) is 0 Å². The number of para-hydroxylation sites is 2. The van der Waals surface area contributed by atoms with Crippen LogP contribution in [0.2, 0.25) is 0 Å². The van der Waals surface area contributed by atoms with E-state index in [1.54, 1.807) is 0 Å². The summed E-state index contributed by atoms with van der Waals surface area (Å²) in [5.74, 6) is 0. The molecule has 2 nitrogen and oxygen atoms in total. The molecule has 1 aliphatic heterocycles. The second-order valence-electron chi connectivity index (χ2n) is 9.82. The number of anilines is 3. The van der Waals surface area contributed by atoms with Crippen molar-refractivity contribution in [3.63, 3.8) is 0 Å². The molecular weight excluding hydrogens is 426 g/mol. The minimum absolute atomic E-state index is 0.0728. The zero-order chi connectivity index (χ0) is 23.6. The molecule has 1 aliphatic rings. The van der Waals surface area contributed by atoms with Gasteiger partial charge in [0.1, 0.15) is 11.2 Å². The van der Waals surface area contributed by atoms with Crippen molar-refractivity contribution in [2.75, 3.05) is 4.90 Å². The first-order valence-electron chi connectivity index (χ1n) is 12.1. The van der Waals surface area contributed by atoms with Gasteiger partial charge in [0, 0.05) is 21.9 Å². The van der Waals surface area contributed by atoms with Gasteiger partial charge < -0.3 is 9.32 Å². The van der Waals surface area contributed by atoms with Crippen LogP contribution < -0.4 is 4.90 Å². The van der Waals surface area contributed by atoms with Crippen LogP contribution in [-0.4, -0.2) is 0 Å². The summed E-state index contributed by atoms with van der Waals surface area (Å²) >= 11 is 0. The number of nitrogens with zero attached hydrogens (tertiary/aromatic N) is 1. The molecule has 0 spiro atoms. The third-order valence-corrected chi connectivity index (χ3v) is 7.46. The number of benzene rings is 5. The molecule has 0 amide bonds. The molecule has 168 valence electrons. The summed E-state index contributed by atoms with van der Waals surface area (Å²) in [6, 6.07) is 41.0. The maximum absolute atomic E-state index is 6.31. The van der Waals surface area contributed by atoms with E-state index in [0.29, 0.717) is 0 Å². The number of hydrogen-bond acceptors (Lipinski definition) is 2. The summed E-state index contributed by atoms with van der Waals surface area (Å²) in [4.78, 5) is 2.40. The van der Waals surface area contributed by atoms with Crippen LogP contribution in [0.15, 0.2) is 120 Å². The molecule has 7 rings (SSSR count). The Morgan fingerprint density at radius 3 is 1.97 bits per heavy atom. The molecule has 2 heteroatoms. The van der Waals surface area contributed by atoms with Crippen molar-refractivity contribution in [1.29, 1.82) is 0 Å². The maximum atomic E-state index is 6.31. The van der Waals surface area contributed by atoms with Crippen LogP contribution >= 0.6 is 0 Å². The summed E-state index contributed by atoms with van der Waals surface area (Å²) in [7, 11) is 0. The number of rotatable bonds is 2. The molecule has 1 aromatic heterocycles. The van der Waals surface area contributed by atoms with Gasteiger partial charge in [0.2, 0.25) is 0 Å². The Kier molecular flexibility index (Phi) is 4.22. The standard InChI is InChI=1S/C33H25NO/c1-33(2)26-14-6-8-16-28(26)34(29-17-9-7-15-27(29)33)23-19-20-30-25(21-23)32-24(13-10-18-31(32)35-30)22-11-4-3-5-12-22/h3-21H,1-2H3. The Hall–Kier alpha value is -4.30. The lowest BCUT2D eigenvalue weighted by Crippen LogP contribution is -2.30. The number of hydrogen-bond donors (Lipinski definition) is 0. The van der Waals surface area contributed by atoms with Crippen LogP contribution in [0.4, 0.5) is 17.1 Å². The van der Waals surface area contributed by atoms with Crippen LogP contribution in [0, 0.1) is 0 Å². The van der Waals surface area contributed by atoms with E-state index in [1.165, 1.54) is 33.6 Å². The Morgan fingerprint density at radius 2 is 1.26 bits per heavy atom. The first-order valence-corrected chi connectivity index (χ1v) is 12.1. The molecule has 0 radical (unpaired) electrons. The highest BCUT2D eigenvalue weighted by atomic mass is 16.3. The fourth-order valence-corrected chi connectivity index (χ4v) is 5.76. The fraction of sp³-hybridized carbons (Fsp3) is 0.0909. The van der Waals surface area contributed by atoms with E-state index in [4.69, 9.17) is 4.42 Å². The van der Waals surface area contributed by atoms with Gasteiger partial charge in [0.05, 0.1) is 11.4 Å². The van der Waals surface area contributed by atoms with Gasteiger partial charge in [-0.3, -0.25) is 0 Å². The summed E-state index contributed by atoms with van der Waals surface area (Å²) in [5.41, 5.74) is 10.4. The van der Waals surface area contributed by atoms with E-state index < -0.39 is 0 Å². The monoisotopic (exact) mass is 451 g/mol. The number of fused-ring (bicyclic) bond motifs is 5. The minimum atomic E-state index is -0.0728. The first-order chi connectivity index (χ1) is 17.1. The third kappa shape index (κ3) is 2.90. The maximum Gasteiger partial charge on any atom is 0.136 e. The average Bonchev–Trinajstić information content (AvgIpc) is 3.28. The van der Waals surface area contributed by atoms with E-state index in [1.807, 2.05) is 0 Å². The van der Waals surface area contributed by atoms with Crippen molar-refractivity contribution in [2.24, 2.45) is 0 Å². The predicted molar refractivity (Wildman–Crippen MR) is 146 cm³/mol. The van der Waals surface area contributed by atoms with E-state index in [-0.39, 0.29) is 5.41 Å². The van der Waals surface area contributed by atoms with E-state index in [2.05, 4.69) is 134 Å². The van der Waals surface area contributed by atoms with Gasteiger partial charge in [0.15, 0.2) is 0 Å². The van der Waals surface area contributed by atoms with Gasteiger partial charge in [-0.05, 0) is 58.7 Å². The zero-order valence-electron chi connectivity index (χ0n) is 19.8. The van der Waals surface area contributed by atoms with Crippen molar-refractivity contribution in [1.82, 2.24) is 0 Å². The third-order valence-electron chi connectivity index (χ3n) is 7.46. The van der Waals surface area contributed by atoms with Gasteiger partial charge in [-0.25, -0.2) is 0 Å². The Morgan fingerprint density at radius 1 is 0.600 bits per heavy atom. The van der Waals surface area contributed by atoms with Crippen LogP contribution in [0.3, 0.4) is 0 Å². The molecule has 35 heavy (non-hydrogen) atoms. The normalized spacial score (nSPS) is 14.2. The van der Waals surface area contributed by atoms with E-state index in [9.17, 15) is 0 Å². The van der Waals surface area contributed by atoms with Crippen molar-refractivity contribution in [3.8, 4) is 11.1 Å². The quantitative estimate of drug-likeness (QED) is 0.261. The molecule has 0 N–H and O–H groups in total. The molecule has 0 aliphatic carbocycles. The lowest BCUT2D eigenvalue weighted by atomic mass is 9.73. The molecule has 0 atom stereocenters. The molecule has 0 fully saturated rings. The van der Waals surface area contributed by atoms with Crippen molar-refractivity contribution in [2.45, 2.75) is 19.3 Å². The van der Waals surface area contributed by atoms with Crippen molar-refractivity contribution < 1.29 is 4.42 Å². The lowest BCUT2D eigenvalue weighted by molar-refractivity contribution is 0.632. The highest BCUT2D eigenvalue weighted by Crippen LogP contribution is 2.52. The van der Waals surface area contributed by atoms with Gasteiger partial charge >= 0.3 is 0 Å². The molecule has 0 bridgehead atoms. The molecule has 0 saturated heterocycles. The molecular formula is C33H25NO. The Bertz CT molecular complexity index is 1680. The van der Waals surface area contributed by atoms with Crippen molar-refractivity contribution >= 4 is 39.0 Å². The minimum Gasteiger partial charge on any atom is -0.456 e. The average molecular weight is 452 g/mol. The van der Waals surface area contributed by atoms with Crippen LogP contribution in [0.1, 0.15) is 25.0 Å². The van der Waals surface area contributed by atoms with E-state index in [0.717, 1.165) is 27.6 Å². The first kappa shape index (κ1) is 20.1. The van der Waals surface area contributed by atoms with E-state index >= 15 is 0 Å². The predicted octanol–water partition coefficient (Wildman–Crippen LogP) is 9.36. The summed E-state index contributed by atoms with van der Waals surface area (Å²) in [6.07, 6.45) is 0. The molecule has 2 heterocycles. The topological polar surface area (TPSA) is 16.4 Å². The highest BCUT2D eigenvalue weighted by molar-refractivity contribution is 6.13. The second kappa shape index (κ2) is 7.35. The van der Waals surface area contributed by atoms with Gasteiger partial charge in [0.25, 0.3) is 0 Å². The summed E-state index contributed by atoms with van der Waals surface area (Å²) < 4.78 is 6.31. The van der Waals surface area contributed by atoms with Gasteiger partial charge in [-0.2, -0.15) is 0 Å². The zero-order valence-corrected chi connectivity index (χ0v) is 19.8. The van der Waals surface area contributed by atoms with Crippen LogP contribution in [-0.2, 0) is 5.41 Å². The van der Waals surface area contributed by atoms with Gasteiger partial charge in [-0.15, -0.1) is 0 Å². The fourth-order valence-electron chi connectivity index (χ4n) is 5.76.